The topological polar surface area (TPSA) is 39.7 Å². The van der Waals surface area contributed by atoms with E-state index in [1.807, 2.05) is 12.1 Å². The van der Waals surface area contributed by atoms with Crippen molar-refractivity contribution in [3.8, 4) is 17.2 Å². The average molecular weight is 293 g/mol. The van der Waals surface area contributed by atoms with Crippen LogP contribution in [0.1, 0.15) is 33.3 Å². The number of nitrogens with one attached hydrogen (secondary N) is 1. The lowest BCUT2D eigenvalue weighted by Crippen LogP contribution is -2.22. The first-order valence-electron chi connectivity index (χ1n) is 7.32. The Kier molecular flexibility index (Phi) is 4.11. The van der Waals surface area contributed by atoms with Crippen LogP contribution >= 0.6 is 0 Å². The second kappa shape index (κ2) is 5.41. The van der Waals surface area contributed by atoms with Gasteiger partial charge in [-0.15, -0.1) is 0 Å². The van der Waals surface area contributed by atoms with Gasteiger partial charge in [0.05, 0.1) is 21.3 Å². The third kappa shape index (κ3) is 2.46. The van der Waals surface area contributed by atoms with Gasteiger partial charge in [0.1, 0.15) is 0 Å². The monoisotopic (exact) mass is 293 g/mol. The molecule has 2 rings (SSSR count). The lowest BCUT2D eigenvalue weighted by molar-refractivity contribution is 0.321. The van der Waals surface area contributed by atoms with Crippen molar-refractivity contribution in [2.45, 2.75) is 40.3 Å². The van der Waals surface area contributed by atoms with Crippen LogP contribution in [0.25, 0.3) is 0 Å². The molecule has 0 radical (unpaired) electrons. The van der Waals surface area contributed by atoms with Crippen LogP contribution in [-0.2, 0) is 6.54 Å². The second-order valence-corrected chi connectivity index (χ2v) is 6.75. The zero-order valence-corrected chi connectivity index (χ0v) is 14.2. The highest BCUT2D eigenvalue weighted by atomic mass is 16.5. The maximum atomic E-state index is 5.52. The fraction of sp³-hybridized carbons (Fsp3) is 0.647. The fourth-order valence-electron chi connectivity index (χ4n) is 3.22. The van der Waals surface area contributed by atoms with E-state index in [1.54, 1.807) is 21.3 Å². The van der Waals surface area contributed by atoms with Crippen molar-refractivity contribution in [1.82, 2.24) is 5.32 Å². The molecule has 0 atom stereocenters. The van der Waals surface area contributed by atoms with Gasteiger partial charge in [0.2, 0.25) is 5.75 Å². The number of benzene rings is 1. The minimum absolute atomic E-state index is 0.316. The molecule has 21 heavy (non-hydrogen) atoms. The summed E-state index contributed by atoms with van der Waals surface area (Å²) in [6.07, 6.45) is 0. The maximum Gasteiger partial charge on any atom is 0.203 e. The van der Waals surface area contributed by atoms with Crippen LogP contribution in [-0.4, -0.2) is 27.4 Å². The van der Waals surface area contributed by atoms with E-state index in [0.717, 1.165) is 17.9 Å². The number of hydrogen-bond acceptors (Lipinski definition) is 4. The first kappa shape index (κ1) is 16.0. The van der Waals surface area contributed by atoms with E-state index >= 15 is 0 Å². The molecule has 0 aromatic heterocycles. The van der Waals surface area contributed by atoms with E-state index in [-0.39, 0.29) is 0 Å². The first-order chi connectivity index (χ1) is 9.81. The molecule has 4 nitrogen and oxygen atoms in total. The molecule has 1 aliphatic carbocycles. The number of methoxy groups -OCH3 is 3. The van der Waals surface area contributed by atoms with Gasteiger partial charge in [-0.2, -0.15) is 0 Å². The van der Waals surface area contributed by atoms with Crippen LogP contribution in [0.5, 0.6) is 17.2 Å². The molecule has 0 aliphatic heterocycles. The van der Waals surface area contributed by atoms with Crippen LogP contribution in [0, 0.1) is 10.8 Å². The molecule has 0 unspecified atom stereocenters. The van der Waals surface area contributed by atoms with Crippen LogP contribution in [0.4, 0.5) is 0 Å². The predicted octanol–water partition coefficient (Wildman–Crippen LogP) is 3.24. The van der Waals surface area contributed by atoms with E-state index in [0.29, 0.717) is 28.4 Å². The summed E-state index contributed by atoms with van der Waals surface area (Å²) in [5, 5.41) is 3.64. The van der Waals surface area contributed by atoms with Crippen LogP contribution < -0.4 is 19.5 Å². The van der Waals surface area contributed by atoms with Gasteiger partial charge >= 0.3 is 0 Å². The molecular formula is C17H27NO3. The standard InChI is InChI=1S/C17H27NO3/c1-16(2)15(17(16,3)4)18-10-11-8-9-12(19-5)14(21-7)13(11)20-6/h8-9,15,18H,10H2,1-7H3. The van der Waals surface area contributed by atoms with E-state index < -0.39 is 0 Å². The summed E-state index contributed by atoms with van der Waals surface area (Å²) < 4.78 is 16.3. The molecular weight excluding hydrogens is 266 g/mol. The van der Waals surface area contributed by atoms with Crippen molar-refractivity contribution in [2.75, 3.05) is 21.3 Å². The highest BCUT2D eigenvalue weighted by molar-refractivity contribution is 5.55. The second-order valence-electron chi connectivity index (χ2n) is 6.75. The molecule has 0 saturated heterocycles. The first-order valence-corrected chi connectivity index (χ1v) is 7.32. The summed E-state index contributed by atoms with van der Waals surface area (Å²) in [7, 11) is 4.92. The van der Waals surface area contributed by atoms with Crippen molar-refractivity contribution < 1.29 is 14.2 Å². The molecule has 1 N–H and O–H groups in total. The van der Waals surface area contributed by atoms with Gasteiger partial charge in [-0.05, 0) is 16.9 Å². The predicted molar refractivity (Wildman–Crippen MR) is 84.3 cm³/mol. The van der Waals surface area contributed by atoms with Crippen molar-refractivity contribution in [2.24, 2.45) is 10.8 Å². The van der Waals surface area contributed by atoms with Gasteiger partial charge in [-0.1, -0.05) is 33.8 Å². The van der Waals surface area contributed by atoms with E-state index in [9.17, 15) is 0 Å². The van der Waals surface area contributed by atoms with Crippen LogP contribution in [0.2, 0.25) is 0 Å². The van der Waals surface area contributed by atoms with Crippen molar-refractivity contribution in [3.63, 3.8) is 0 Å². The Hall–Kier alpha value is -1.42. The van der Waals surface area contributed by atoms with Crippen molar-refractivity contribution >= 4 is 0 Å². The van der Waals surface area contributed by atoms with Gasteiger partial charge in [0.25, 0.3) is 0 Å². The van der Waals surface area contributed by atoms with Crippen LogP contribution in [0.3, 0.4) is 0 Å². The van der Waals surface area contributed by atoms with E-state index in [2.05, 4.69) is 33.0 Å². The molecule has 1 saturated carbocycles. The minimum atomic E-state index is 0.316. The third-order valence-corrected chi connectivity index (χ3v) is 5.30. The molecule has 1 aromatic carbocycles. The Bertz CT molecular complexity index is 509. The summed E-state index contributed by atoms with van der Waals surface area (Å²) in [6.45, 7) is 9.96. The SMILES string of the molecule is COc1ccc(CNC2C(C)(C)C2(C)C)c(OC)c1OC. The maximum absolute atomic E-state index is 5.52. The normalized spacial score (nSPS) is 19.2. The van der Waals surface area contributed by atoms with Gasteiger partial charge in [-0.25, -0.2) is 0 Å². The molecule has 0 bridgehead atoms. The summed E-state index contributed by atoms with van der Waals surface area (Å²) in [5.41, 5.74) is 1.71. The third-order valence-electron chi connectivity index (χ3n) is 5.30. The quantitative estimate of drug-likeness (QED) is 0.874. The van der Waals surface area contributed by atoms with Gasteiger partial charge < -0.3 is 19.5 Å². The van der Waals surface area contributed by atoms with Gasteiger partial charge in [0, 0.05) is 18.2 Å². The Labute approximate surface area is 127 Å². The smallest absolute Gasteiger partial charge is 0.203 e. The van der Waals surface area contributed by atoms with E-state index in [4.69, 9.17) is 14.2 Å². The molecule has 0 heterocycles. The summed E-state index contributed by atoms with van der Waals surface area (Å²) in [6, 6.07) is 4.44. The van der Waals surface area contributed by atoms with Gasteiger partial charge in [0.15, 0.2) is 11.5 Å². The molecule has 0 amide bonds. The number of hydrogen-bond donors (Lipinski definition) is 1. The molecule has 0 spiro atoms. The zero-order valence-electron chi connectivity index (χ0n) is 14.2. The highest BCUT2D eigenvalue weighted by Crippen LogP contribution is 2.62. The minimum Gasteiger partial charge on any atom is -0.493 e. The molecule has 118 valence electrons. The van der Waals surface area contributed by atoms with E-state index in [1.165, 1.54) is 0 Å². The van der Waals surface area contributed by atoms with Gasteiger partial charge in [-0.3, -0.25) is 0 Å². The fourth-order valence-corrected chi connectivity index (χ4v) is 3.22. The Morgan fingerprint density at radius 1 is 0.905 bits per heavy atom. The molecule has 1 aliphatic rings. The summed E-state index contributed by atoms with van der Waals surface area (Å²) in [4.78, 5) is 0. The number of rotatable bonds is 6. The van der Waals surface area contributed by atoms with Crippen molar-refractivity contribution in [3.05, 3.63) is 17.7 Å². The Morgan fingerprint density at radius 3 is 1.90 bits per heavy atom. The molecule has 4 heteroatoms. The highest BCUT2D eigenvalue weighted by Gasteiger charge is 2.64. The zero-order chi connectivity index (χ0) is 15.8. The number of ether oxygens (including phenoxy) is 3. The van der Waals surface area contributed by atoms with Crippen LogP contribution in [0.15, 0.2) is 12.1 Å². The lowest BCUT2D eigenvalue weighted by atomic mass is 10.0. The van der Waals surface area contributed by atoms with Crippen molar-refractivity contribution in [1.29, 1.82) is 0 Å². The lowest BCUT2D eigenvalue weighted by Gasteiger charge is -2.16. The summed E-state index contributed by atoms with van der Waals surface area (Å²) >= 11 is 0. The Morgan fingerprint density at radius 2 is 1.48 bits per heavy atom. The molecule has 1 aromatic rings. The molecule has 1 fully saturated rings. The summed E-state index contributed by atoms with van der Waals surface area (Å²) in [5.74, 6) is 2.07. The largest absolute Gasteiger partial charge is 0.493 e. The average Bonchev–Trinajstić information content (AvgIpc) is 2.84. The Balaban J connectivity index is 2.18.